The fraction of sp³-hybridized carbons (Fsp3) is 0.312. The summed E-state index contributed by atoms with van der Waals surface area (Å²) in [6.45, 7) is 0.878. The van der Waals surface area contributed by atoms with Gasteiger partial charge in [-0.3, -0.25) is 4.79 Å². The minimum atomic E-state index is 0.119. The number of carbonyl (C=O) groups is 1. The number of thiophene rings is 1. The number of carbonyl (C=O) groups excluding carboxylic acids is 1. The lowest BCUT2D eigenvalue weighted by Gasteiger charge is -2.32. The molecule has 1 atom stereocenters. The molecule has 21 heavy (non-hydrogen) atoms. The number of amides is 1. The number of hydrogen-bond donors (Lipinski definition) is 1. The maximum Gasteiger partial charge on any atom is 0.228 e. The van der Waals surface area contributed by atoms with Gasteiger partial charge in [0.05, 0.1) is 3.79 Å². The third-order valence-corrected chi connectivity index (χ3v) is 5.50. The van der Waals surface area contributed by atoms with E-state index in [0.29, 0.717) is 6.42 Å². The molecule has 2 heterocycles. The van der Waals surface area contributed by atoms with Gasteiger partial charge in [-0.15, -0.1) is 11.3 Å². The van der Waals surface area contributed by atoms with Gasteiger partial charge in [-0.2, -0.15) is 0 Å². The lowest BCUT2D eigenvalue weighted by atomic mass is 9.96. The highest BCUT2D eigenvalue weighted by Crippen LogP contribution is 2.33. The number of anilines is 1. The molecule has 1 amide bonds. The fourth-order valence-corrected chi connectivity index (χ4v) is 4.16. The predicted octanol–water partition coefficient (Wildman–Crippen LogP) is 3.75. The molecule has 1 aliphatic heterocycles. The summed E-state index contributed by atoms with van der Waals surface area (Å²) in [7, 11) is 1.85. The molecular weight excluding hydrogens is 348 g/mol. The molecule has 0 aliphatic carbocycles. The number of rotatable bonds is 4. The first-order valence-electron chi connectivity index (χ1n) is 6.98. The Morgan fingerprint density at radius 2 is 2.14 bits per heavy atom. The molecule has 110 valence electrons. The van der Waals surface area contributed by atoms with E-state index in [2.05, 4.69) is 39.4 Å². The highest BCUT2D eigenvalue weighted by Gasteiger charge is 2.28. The van der Waals surface area contributed by atoms with Crippen LogP contribution < -0.4 is 10.2 Å². The predicted molar refractivity (Wildman–Crippen MR) is 90.9 cm³/mol. The van der Waals surface area contributed by atoms with Gasteiger partial charge < -0.3 is 10.2 Å². The van der Waals surface area contributed by atoms with E-state index in [1.807, 2.05) is 25.2 Å². The summed E-state index contributed by atoms with van der Waals surface area (Å²) in [4.78, 5) is 15.2. The number of halogens is 1. The van der Waals surface area contributed by atoms with E-state index in [1.165, 1.54) is 10.4 Å². The van der Waals surface area contributed by atoms with Crippen LogP contribution in [0.2, 0.25) is 0 Å². The molecule has 1 aromatic carbocycles. The van der Waals surface area contributed by atoms with Crippen molar-refractivity contribution in [2.45, 2.75) is 18.9 Å². The van der Waals surface area contributed by atoms with Crippen LogP contribution in [0.3, 0.4) is 0 Å². The first-order valence-corrected chi connectivity index (χ1v) is 8.59. The molecular formula is C16H17BrN2OS. The summed E-state index contributed by atoms with van der Waals surface area (Å²) >= 11 is 5.25. The first-order chi connectivity index (χ1) is 10.1. The lowest BCUT2D eigenvalue weighted by Crippen LogP contribution is -2.38. The topological polar surface area (TPSA) is 32.3 Å². The van der Waals surface area contributed by atoms with Crippen molar-refractivity contribution in [3.05, 3.63) is 50.6 Å². The highest BCUT2D eigenvalue weighted by atomic mass is 79.9. The molecule has 0 saturated heterocycles. The van der Waals surface area contributed by atoms with E-state index in [0.717, 1.165) is 22.4 Å². The van der Waals surface area contributed by atoms with Gasteiger partial charge in [-0.05, 0) is 46.1 Å². The third-order valence-electron chi connectivity index (χ3n) is 3.82. The number of benzene rings is 1. The van der Waals surface area contributed by atoms with Crippen LogP contribution in [-0.2, 0) is 11.2 Å². The number of para-hydroxylation sites is 1. The van der Waals surface area contributed by atoms with Gasteiger partial charge >= 0.3 is 0 Å². The fourth-order valence-electron chi connectivity index (χ4n) is 2.68. The van der Waals surface area contributed by atoms with Gasteiger partial charge in [0.15, 0.2) is 0 Å². The Hall–Kier alpha value is -1.17. The Bertz CT molecular complexity index is 655. The van der Waals surface area contributed by atoms with Gasteiger partial charge in [0.2, 0.25) is 5.91 Å². The van der Waals surface area contributed by atoms with E-state index < -0.39 is 0 Å². The normalized spacial score (nSPS) is 17.9. The monoisotopic (exact) mass is 364 g/mol. The molecule has 0 fully saturated rings. The van der Waals surface area contributed by atoms with Crippen LogP contribution in [0.5, 0.6) is 0 Å². The van der Waals surface area contributed by atoms with Crippen molar-refractivity contribution in [1.82, 2.24) is 5.32 Å². The molecule has 1 unspecified atom stereocenters. The second kappa shape index (κ2) is 6.30. The average molecular weight is 365 g/mol. The van der Waals surface area contributed by atoms with Crippen LogP contribution in [-0.4, -0.2) is 19.5 Å². The molecule has 0 bridgehead atoms. The first kappa shape index (κ1) is 14.8. The van der Waals surface area contributed by atoms with Crippen LogP contribution >= 0.6 is 27.3 Å². The number of hydrogen-bond acceptors (Lipinski definition) is 3. The standard InChI is InChI=1S/C16H17BrN2OS/c1-19-14-5-3-2-4-12(14)13(10-16(19)20)18-9-8-11-6-7-15(17)21-11/h2-7,13,18H,8-10H2,1H3. The van der Waals surface area contributed by atoms with Crippen molar-refractivity contribution in [1.29, 1.82) is 0 Å². The van der Waals surface area contributed by atoms with Crippen molar-refractivity contribution >= 4 is 38.9 Å². The third kappa shape index (κ3) is 3.20. The smallest absolute Gasteiger partial charge is 0.228 e. The molecule has 0 radical (unpaired) electrons. The Morgan fingerprint density at radius 3 is 2.90 bits per heavy atom. The summed E-state index contributed by atoms with van der Waals surface area (Å²) in [6.07, 6.45) is 1.51. The largest absolute Gasteiger partial charge is 0.315 e. The van der Waals surface area contributed by atoms with Crippen molar-refractivity contribution in [2.75, 3.05) is 18.5 Å². The van der Waals surface area contributed by atoms with E-state index >= 15 is 0 Å². The van der Waals surface area contributed by atoms with Crippen LogP contribution in [0.25, 0.3) is 0 Å². The van der Waals surface area contributed by atoms with E-state index in [9.17, 15) is 4.79 Å². The Morgan fingerprint density at radius 1 is 1.33 bits per heavy atom. The average Bonchev–Trinajstić information content (AvgIpc) is 2.90. The number of nitrogens with zero attached hydrogens (tertiary/aromatic N) is 1. The second-order valence-electron chi connectivity index (χ2n) is 5.18. The molecule has 2 aromatic rings. The number of fused-ring (bicyclic) bond motifs is 1. The zero-order valence-corrected chi connectivity index (χ0v) is 14.2. The van der Waals surface area contributed by atoms with Gasteiger partial charge in [0.25, 0.3) is 0 Å². The number of nitrogens with one attached hydrogen (secondary N) is 1. The summed E-state index contributed by atoms with van der Waals surface area (Å²) in [5.41, 5.74) is 2.23. The van der Waals surface area contributed by atoms with E-state index in [1.54, 1.807) is 16.2 Å². The molecule has 0 saturated carbocycles. The van der Waals surface area contributed by atoms with Gasteiger partial charge in [0, 0.05) is 36.6 Å². The molecule has 1 aliphatic rings. The molecule has 3 rings (SSSR count). The van der Waals surface area contributed by atoms with Crippen LogP contribution in [0, 0.1) is 0 Å². The van der Waals surface area contributed by atoms with Gasteiger partial charge in [-0.1, -0.05) is 18.2 Å². The Balaban J connectivity index is 1.68. The maximum atomic E-state index is 12.1. The van der Waals surface area contributed by atoms with Gasteiger partial charge in [0.1, 0.15) is 0 Å². The van der Waals surface area contributed by atoms with Crippen LogP contribution in [0.1, 0.15) is 22.9 Å². The summed E-state index contributed by atoms with van der Waals surface area (Å²) in [5, 5.41) is 3.53. The minimum absolute atomic E-state index is 0.119. The van der Waals surface area contributed by atoms with Crippen LogP contribution in [0.15, 0.2) is 40.2 Å². The minimum Gasteiger partial charge on any atom is -0.315 e. The highest BCUT2D eigenvalue weighted by molar-refractivity contribution is 9.11. The van der Waals surface area contributed by atoms with Crippen molar-refractivity contribution < 1.29 is 4.79 Å². The van der Waals surface area contributed by atoms with Crippen molar-refractivity contribution in [3.63, 3.8) is 0 Å². The quantitative estimate of drug-likeness (QED) is 0.895. The zero-order chi connectivity index (χ0) is 14.8. The molecule has 0 spiro atoms. The van der Waals surface area contributed by atoms with Gasteiger partial charge in [-0.25, -0.2) is 0 Å². The molecule has 3 nitrogen and oxygen atoms in total. The maximum absolute atomic E-state index is 12.1. The molecule has 1 N–H and O–H groups in total. The summed E-state index contributed by atoms with van der Waals surface area (Å²) in [5.74, 6) is 0.171. The Kier molecular flexibility index (Phi) is 4.42. The summed E-state index contributed by atoms with van der Waals surface area (Å²) in [6, 6.07) is 12.5. The van der Waals surface area contributed by atoms with Crippen LogP contribution in [0.4, 0.5) is 5.69 Å². The SMILES string of the molecule is CN1C(=O)CC(NCCc2ccc(Br)s2)c2ccccc21. The van der Waals surface area contributed by atoms with E-state index in [-0.39, 0.29) is 11.9 Å². The molecule has 5 heteroatoms. The zero-order valence-electron chi connectivity index (χ0n) is 11.8. The van der Waals surface area contributed by atoms with Crippen molar-refractivity contribution in [3.8, 4) is 0 Å². The lowest BCUT2D eigenvalue weighted by molar-refractivity contribution is -0.119. The van der Waals surface area contributed by atoms with Crippen molar-refractivity contribution in [2.24, 2.45) is 0 Å². The Labute approximate surface area is 137 Å². The van der Waals surface area contributed by atoms with E-state index in [4.69, 9.17) is 0 Å². The molecule has 1 aromatic heterocycles. The summed E-state index contributed by atoms with van der Waals surface area (Å²) < 4.78 is 1.16. The second-order valence-corrected chi connectivity index (χ2v) is 7.73.